The topological polar surface area (TPSA) is 70.1 Å². The van der Waals surface area contributed by atoms with Gasteiger partial charge in [-0.1, -0.05) is 43.1 Å². The predicted molar refractivity (Wildman–Crippen MR) is 131 cm³/mol. The lowest BCUT2D eigenvalue weighted by atomic mass is 9.95. The van der Waals surface area contributed by atoms with E-state index < -0.39 is 17.7 Å². The third-order valence-electron chi connectivity index (χ3n) is 5.79. The van der Waals surface area contributed by atoms with Crippen LogP contribution in [0.3, 0.4) is 0 Å². The number of ketones is 1. The minimum Gasteiger partial charge on any atom is -0.507 e. The number of ether oxygens (including phenoxy) is 1. The Hall–Kier alpha value is -2.54. The number of rotatable bonds is 9. The van der Waals surface area contributed by atoms with Gasteiger partial charge < -0.3 is 19.6 Å². The number of benzene rings is 2. The lowest BCUT2D eigenvalue weighted by molar-refractivity contribution is -0.140. The number of Topliss-reactive ketones (excluding diaryl/α,β-unsaturated/α-hetero) is 1. The highest BCUT2D eigenvalue weighted by Gasteiger charge is 2.46. The summed E-state index contributed by atoms with van der Waals surface area (Å²) in [5.41, 5.74) is 1.06. The molecule has 0 aliphatic carbocycles. The van der Waals surface area contributed by atoms with Crippen molar-refractivity contribution < 1.29 is 19.4 Å². The van der Waals surface area contributed by atoms with Gasteiger partial charge in [-0.3, -0.25) is 9.59 Å². The van der Waals surface area contributed by atoms with Gasteiger partial charge in [-0.15, -0.1) is 0 Å². The highest BCUT2D eigenvalue weighted by molar-refractivity contribution is 6.46. The highest BCUT2D eigenvalue weighted by Crippen LogP contribution is 2.41. The summed E-state index contributed by atoms with van der Waals surface area (Å²) in [6, 6.07) is 11.0. The van der Waals surface area contributed by atoms with Crippen LogP contribution in [-0.2, 0) is 9.59 Å². The van der Waals surface area contributed by atoms with Crippen molar-refractivity contribution in [2.45, 2.75) is 26.8 Å². The number of carbonyl (C=O) groups excluding carboxylic acids is 2. The molecule has 1 fully saturated rings. The summed E-state index contributed by atoms with van der Waals surface area (Å²) in [7, 11) is 0. The number of likely N-dealkylation sites (N-methyl/N-ethyl adjacent to an activating group) is 1. The molecule has 6 nitrogen and oxygen atoms in total. The summed E-state index contributed by atoms with van der Waals surface area (Å²) in [5.74, 6) is -0.963. The van der Waals surface area contributed by atoms with Gasteiger partial charge in [-0.25, -0.2) is 0 Å². The first kappa shape index (κ1) is 25.1. The Bertz CT molecular complexity index is 1050. The highest BCUT2D eigenvalue weighted by atomic mass is 35.5. The largest absolute Gasteiger partial charge is 0.507 e. The van der Waals surface area contributed by atoms with Crippen LogP contribution >= 0.6 is 23.2 Å². The fourth-order valence-corrected chi connectivity index (χ4v) is 4.27. The van der Waals surface area contributed by atoms with E-state index in [9.17, 15) is 14.7 Å². The molecule has 0 radical (unpaired) electrons. The first-order chi connectivity index (χ1) is 15.8. The number of aliphatic hydroxyl groups excluding tert-OH is 1. The van der Waals surface area contributed by atoms with E-state index in [1.807, 2.05) is 20.8 Å². The van der Waals surface area contributed by atoms with Crippen LogP contribution < -0.4 is 4.74 Å². The molecule has 1 N–H and O–H groups in total. The van der Waals surface area contributed by atoms with Gasteiger partial charge in [0.05, 0.1) is 28.3 Å². The smallest absolute Gasteiger partial charge is 0.295 e. The van der Waals surface area contributed by atoms with Crippen LogP contribution in [0.2, 0.25) is 10.0 Å². The summed E-state index contributed by atoms with van der Waals surface area (Å²) in [6.07, 6.45) is 0. The maximum Gasteiger partial charge on any atom is 0.295 e. The molecule has 3 rings (SSSR count). The number of carbonyl (C=O) groups is 2. The van der Waals surface area contributed by atoms with E-state index in [1.54, 1.807) is 42.5 Å². The van der Waals surface area contributed by atoms with E-state index in [-0.39, 0.29) is 11.3 Å². The van der Waals surface area contributed by atoms with Crippen LogP contribution in [0, 0.1) is 0 Å². The molecular formula is C25H28Cl2N2O4. The zero-order valence-corrected chi connectivity index (χ0v) is 20.5. The Morgan fingerprint density at radius 3 is 2.27 bits per heavy atom. The molecular weight excluding hydrogens is 463 g/mol. The molecule has 2 aromatic rings. The number of hydrogen-bond donors (Lipinski definition) is 1. The first-order valence-electron chi connectivity index (χ1n) is 11.0. The molecule has 8 heteroatoms. The molecule has 0 aromatic heterocycles. The van der Waals surface area contributed by atoms with Crippen LogP contribution in [0.5, 0.6) is 5.75 Å². The van der Waals surface area contributed by atoms with Crippen molar-refractivity contribution in [1.82, 2.24) is 9.80 Å². The Morgan fingerprint density at radius 2 is 1.70 bits per heavy atom. The van der Waals surface area contributed by atoms with Crippen molar-refractivity contribution in [2.75, 3.05) is 32.8 Å². The zero-order valence-electron chi connectivity index (χ0n) is 19.0. The Balaban J connectivity index is 2.09. The molecule has 1 unspecified atom stereocenters. The number of amides is 1. The molecule has 1 aliphatic heterocycles. The fraction of sp³-hybridized carbons (Fsp3) is 0.360. The third kappa shape index (κ3) is 5.35. The minimum atomic E-state index is -0.776. The number of likely N-dealkylation sites (tertiary alicyclic amines) is 1. The normalized spacial score (nSPS) is 17.8. The van der Waals surface area contributed by atoms with Crippen molar-refractivity contribution >= 4 is 40.7 Å². The lowest BCUT2D eigenvalue weighted by Gasteiger charge is -2.28. The van der Waals surface area contributed by atoms with Gasteiger partial charge in [-0.05, 0) is 62.0 Å². The third-order valence-corrected chi connectivity index (χ3v) is 6.53. The van der Waals surface area contributed by atoms with Crippen LogP contribution in [0.4, 0.5) is 0 Å². The Labute approximate surface area is 204 Å². The van der Waals surface area contributed by atoms with Crippen molar-refractivity contribution in [1.29, 1.82) is 0 Å². The zero-order chi connectivity index (χ0) is 24.1. The van der Waals surface area contributed by atoms with E-state index in [1.165, 1.54) is 4.90 Å². The average molecular weight is 491 g/mol. The molecule has 2 aromatic carbocycles. The molecule has 0 bridgehead atoms. The second-order valence-electron chi connectivity index (χ2n) is 7.65. The van der Waals surface area contributed by atoms with Gasteiger partial charge in [0.25, 0.3) is 11.7 Å². The molecule has 33 heavy (non-hydrogen) atoms. The Morgan fingerprint density at radius 1 is 1.03 bits per heavy atom. The van der Waals surface area contributed by atoms with E-state index in [4.69, 9.17) is 27.9 Å². The SMILES string of the molecule is CCOc1ccc(/C(O)=C2\C(=O)C(=O)N(CCN(CC)CC)C2c2ccc(Cl)c(Cl)c2)cc1. The summed E-state index contributed by atoms with van der Waals surface area (Å²) in [5, 5.41) is 11.8. The maximum atomic E-state index is 13.1. The molecule has 1 saturated heterocycles. The number of halogens is 2. The standard InChI is InChI=1S/C25H28Cl2N2O4/c1-4-28(5-2)13-14-29-22(17-9-12-19(26)20(27)15-17)21(24(31)25(29)32)23(30)16-7-10-18(11-8-16)33-6-3/h7-12,15,22,30H,4-6,13-14H2,1-3H3/b23-21+. The van der Waals surface area contributed by atoms with E-state index in [0.717, 1.165) is 13.1 Å². The van der Waals surface area contributed by atoms with Gasteiger partial charge in [0.1, 0.15) is 11.5 Å². The van der Waals surface area contributed by atoms with Gasteiger partial charge >= 0.3 is 0 Å². The van der Waals surface area contributed by atoms with E-state index >= 15 is 0 Å². The quantitative estimate of drug-likeness (QED) is 0.298. The average Bonchev–Trinajstić information content (AvgIpc) is 3.06. The van der Waals surface area contributed by atoms with Gasteiger partial charge in [-0.2, -0.15) is 0 Å². The van der Waals surface area contributed by atoms with Crippen molar-refractivity contribution in [2.24, 2.45) is 0 Å². The summed E-state index contributed by atoms with van der Waals surface area (Å²) < 4.78 is 5.45. The van der Waals surface area contributed by atoms with Crippen LogP contribution in [0.25, 0.3) is 5.76 Å². The molecule has 1 atom stereocenters. The van der Waals surface area contributed by atoms with Crippen molar-refractivity contribution in [3.8, 4) is 5.75 Å². The van der Waals surface area contributed by atoms with Gasteiger partial charge in [0.15, 0.2) is 0 Å². The molecule has 176 valence electrons. The van der Waals surface area contributed by atoms with Crippen LogP contribution in [-0.4, -0.2) is 59.4 Å². The molecule has 1 aliphatic rings. The van der Waals surface area contributed by atoms with Crippen LogP contribution in [0.15, 0.2) is 48.0 Å². The second kappa shape index (κ2) is 11.1. The number of aliphatic hydroxyl groups is 1. The van der Waals surface area contributed by atoms with Crippen molar-refractivity contribution in [3.05, 3.63) is 69.2 Å². The minimum absolute atomic E-state index is 0.0297. The number of nitrogens with zero attached hydrogens (tertiary/aromatic N) is 2. The maximum absolute atomic E-state index is 13.1. The fourth-order valence-electron chi connectivity index (χ4n) is 3.96. The lowest BCUT2D eigenvalue weighted by Crippen LogP contribution is -2.38. The molecule has 1 heterocycles. The predicted octanol–water partition coefficient (Wildman–Crippen LogP) is 5.16. The van der Waals surface area contributed by atoms with Gasteiger partial charge in [0, 0.05) is 18.7 Å². The summed E-state index contributed by atoms with van der Waals surface area (Å²) >= 11 is 12.4. The molecule has 1 amide bonds. The van der Waals surface area contributed by atoms with E-state index in [2.05, 4.69) is 4.90 Å². The summed E-state index contributed by atoms with van der Waals surface area (Å²) in [4.78, 5) is 29.8. The van der Waals surface area contributed by atoms with Crippen LogP contribution in [0.1, 0.15) is 37.9 Å². The first-order valence-corrected chi connectivity index (χ1v) is 11.8. The van der Waals surface area contributed by atoms with Gasteiger partial charge in [0.2, 0.25) is 0 Å². The monoisotopic (exact) mass is 490 g/mol. The molecule has 0 spiro atoms. The van der Waals surface area contributed by atoms with Crippen molar-refractivity contribution in [3.63, 3.8) is 0 Å². The second-order valence-corrected chi connectivity index (χ2v) is 8.46. The number of hydrogen-bond acceptors (Lipinski definition) is 5. The molecule has 0 saturated carbocycles. The Kier molecular flexibility index (Phi) is 8.40. The summed E-state index contributed by atoms with van der Waals surface area (Å²) in [6.45, 7) is 9.05. The van der Waals surface area contributed by atoms with E-state index in [0.29, 0.717) is 46.6 Å².